The van der Waals surface area contributed by atoms with Crippen LogP contribution in [-0.2, 0) is 0 Å². The van der Waals surface area contributed by atoms with Crippen LogP contribution in [-0.4, -0.2) is 21.6 Å². The molecule has 0 aliphatic rings. The Morgan fingerprint density at radius 2 is 2.38 bits per heavy atom. The van der Waals surface area contributed by atoms with E-state index in [-0.39, 0.29) is 10.6 Å². The number of thioether (sulfide) groups is 1. The van der Waals surface area contributed by atoms with Crippen molar-refractivity contribution in [1.29, 1.82) is 0 Å². The molecule has 72 valence electrons. The molecule has 3 nitrogen and oxygen atoms in total. The fraction of sp³-hybridized carbons (Fsp3) is 0.429. The number of hydrogen-bond acceptors (Lipinski definition) is 3. The molecule has 0 spiro atoms. The van der Waals surface area contributed by atoms with Crippen LogP contribution in [0.25, 0.3) is 0 Å². The molecule has 0 aliphatic heterocycles. The number of nitrogens with zero attached hydrogens (tertiary/aromatic N) is 1. The lowest BCUT2D eigenvalue weighted by Crippen LogP contribution is -2.07. The van der Waals surface area contributed by atoms with E-state index in [4.69, 9.17) is 23.2 Å². The van der Waals surface area contributed by atoms with Gasteiger partial charge in [0.2, 0.25) is 0 Å². The van der Waals surface area contributed by atoms with Crippen molar-refractivity contribution >= 4 is 35.0 Å². The average molecular weight is 239 g/mol. The van der Waals surface area contributed by atoms with Gasteiger partial charge in [0, 0.05) is 11.6 Å². The van der Waals surface area contributed by atoms with Gasteiger partial charge in [0.05, 0.1) is 6.33 Å². The number of alkyl halides is 1. The van der Waals surface area contributed by atoms with Crippen LogP contribution in [0, 0.1) is 0 Å². The zero-order chi connectivity index (χ0) is 9.68. The second kappa shape index (κ2) is 5.52. The summed E-state index contributed by atoms with van der Waals surface area (Å²) < 4.78 is 0. The minimum absolute atomic E-state index is 0.155. The van der Waals surface area contributed by atoms with Crippen LogP contribution in [0.3, 0.4) is 0 Å². The van der Waals surface area contributed by atoms with E-state index >= 15 is 0 Å². The summed E-state index contributed by atoms with van der Waals surface area (Å²) in [4.78, 5) is 17.3. The number of rotatable bonds is 4. The molecule has 0 saturated heterocycles. The first-order chi connectivity index (χ1) is 6.25. The number of H-pyrrole nitrogens is 1. The molecule has 0 fully saturated rings. The molecule has 0 aromatic carbocycles. The van der Waals surface area contributed by atoms with Gasteiger partial charge < -0.3 is 4.98 Å². The quantitative estimate of drug-likeness (QED) is 0.379. The fourth-order valence-electron chi connectivity index (χ4n) is 0.691. The highest BCUT2D eigenvalue weighted by molar-refractivity contribution is 7.99. The van der Waals surface area contributed by atoms with Gasteiger partial charge in [0.1, 0.15) is 10.0 Å². The van der Waals surface area contributed by atoms with Gasteiger partial charge in [0.15, 0.2) is 0 Å². The molecule has 0 radical (unpaired) electrons. The van der Waals surface area contributed by atoms with E-state index in [0.717, 1.165) is 12.2 Å². The molecule has 1 heterocycles. The maximum atomic E-state index is 11.0. The highest BCUT2D eigenvalue weighted by atomic mass is 35.5. The van der Waals surface area contributed by atoms with Crippen LogP contribution >= 0.6 is 35.0 Å². The van der Waals surface area contributed by atoms with Crippen LogP contribution in [0.5, 0.6) is 0 Å². The Kier molecular flexibility index (Phi) is 4.62. The van der Waals surface area contributed by atoms with Crippen LogP contribution in [0.15, 0.2) is 16.1 Å². The Hall–Kier alpha value is -0.190. The van der Waals surface area contributed by atoms with Crippen LogP contribution in [0.1, 0.15) is 6.42 Å². The summed E-state index contributed by atoms with van der Waals surface area (Å²) in [6.07, 6.45) is 2.22. The second-order valence-corrected chi connectivity index (χ2v) is 4.08. The third-order valence-corrected chi connectivity index (χ3v) is 3.09. The SMILES string of the molecule is O=c1[nH]cnc(SCCCCl)c1Cl. The maximum Gasteiger partial charge on any atom is 0.270 e. The Labute approximate surface area is 89.9 Å². The Morgan fingerprint density at radius 1 is 1.62 bits per heavy atom. The molecule has 0 atom stereocenters. The summed E-state index contributed by atoms with van der Waals surface area (Å²) >= 11 is 12.7. The van der Waals surface area contributed by atoms with E-state index in [1.54, 1.807) is 0 Å². The topological polar surface area (TPSA) is 45.8 Å². The normalized spacial score (nSPS) is 10.3. The van der Waals surface area contributed by atoms with E-state index in [1.807, 2.05) is 0 Å². The minimum Gasteiger partial charge on any atom is -0.312 e. The molecular weight excluding hydrogens is 231 g/mol. The Balaban J connectivity index is 2.66. The minimum atomic E-state index is -0.301. The predicted octanol–water partition coefficient (Wildman–Crippen LogP) is 2.14. The number of aromatic nitrogens is 2. The van der Waals surface area contributed by atoms with Crippen molar-refractivity contribution in [3.63, 3.8) is 0 Å². The van der Waals surface area contributed by atoms with Crippen molar-refractivity contribution < 1.29 is 0 Å². The standard InChI is InChI=1S/C7H8Cl2N2OS/c8-2-1-3-13-7-5(9)6(12)10-4-11-7/h4H,1-3H2,(H,10,11,12). The van der Waals surface area contributed by atoms with Gasteiger partial charge in [0.25, 0.3) is 5.56 Å². The summed E-state index contributed by atoms with van der Waals surface area (Å²) in [6.45, 7) is 0. The van der Waals surface area contributed by atoms with Crippen molar-refractivity contribution in [2.24, 2.45) is 0 Å². The number of hydrogen-bond donors (Lipinski definition) is 1. The van der Waals surface area contributed by atoms with E-state index in [9.17, 15) is 4.79 Å². The molecule has 13 heavy (non-hydrogen) atoms. The van der Waals surface area contributed by atoms with Crippen molar-refractivity contribution in [2.75, 3.05) is 11.6 Å². The molecule has 0 aliphatic carbocycles. The second-order valence-electron chi connectivity index (χ2n) is 2.24. The zero-order valence-electron chi connectivity index (χ0n) is 6.72. The van der Waals surface area contributed by atoms with Gasteiger partial charge in [-0.1, -0.05) is 11.6 Å². The summed E-state index contributed by atoms with van der Waals surface area (Å²) in [5.41, 5.74) is -0.301. The molecule has 1 N–H and O–H groups in total. The lowest BCUT2D eigenvalue weighted by atomic mass is 10.6. The van der Waals surface area contributed by atoms with E-state index in [0.29, 0.717) is 10.9 Å². The molecule has 0 amide bonds. The van der Waals surface area contributed by atoms with Crippen molar-refractivity contribution in [3.8, 4) is 0 Å². The molecule has 6 heteroatoms. The molecule has 0 saturated carbocycles. The molecule has 1 rings (SSSR count). The largest absolute Gasteiger partial charge is 0.312 e. The summed E-state index contributed by atoms with van der Waals surface area (Å²) in [5.74, 6) is 1.42. The van der Waals surface area contributed by atoms with Gasteiger partial charge >= 0.3 is 0 Å². The van der Waals surface area contributed by atoms with Crippen molar-refractivity contribution in [2.45, 2.75) is 11.4 Å². The first kappa shape index (κ1) is 10.9. The molecular formula is C7H8Cl2N2OS. The third kappa shape index (κ3) is 3.21. The van der Waals surface area contributed by atoms with Crippen LogP contribution < -0.4 is 5.56 Å². The van der Waals surface area contributed by atoms with E-state index in [2.05, 4.69) is 9.97 Å². The Morgan fingerprint density at radius 3 is 3.08 bits per heavy atom. The maximum absolute atomic E-state index is 11.0. The summed E-state index contributed by atoms with van der Waals surface area (Å²) in [5, 5.41) is 0.720. The smallest absolute Gasteiger partial charge is 0.270 e. The fourth-order valence-corrected chi connectivity index (χ4v) is 2.08. The third-order valence-electron chi connectivity index (χ3n) is 1.28. The molecule has 0 unspecified atom stereocenters. The Bertz CT molecular complexity index is 329. The number of halogens is 2. The van der Waals surface area contributed by atoms with Crippen LogP contribution in [0.4, 0.5) is 0 Å². The number of aromatic amines is 1. The molecule has 0 bridgehead atoms. The average Bonchev–Trinajstić information content (AvgIpc) is 2.13. The monoisotopic (exact) mass is 238 g/mol. The van der Waals surface area contributed by atoms with Gasteiger partial charge in [-0.05, 0) is 6.42 Å². The van der Waals surface area contributed by atoms with Crippen LogP contribution in [0.2, 0.25) is 5.02 Å². The zero-order valence-corrected chi connectivity index (χ0v) is 9.05. The van der Waals surface area contributed by atoms with Gasteiger partial charge in [-0.15, -0.1) is 23.4 Å². The summed E-state index contributed by atoms with van der Waals surface area (Å²) in [6, 6.07) is 0. The van der Waals surface area contributed by atoms with Gasteiger partial charge in [-0.2, -0.15) is 0 Å². The molecule has 1 aromatic rings. The first-order valence-corrected chi connectivity index (χ1v) is 5.57. The van der Waals surface area contributed by atoms with Gasteiger partial charge in [-0.25, -0.2) is 4.98 Å². The van der Waals surface area contributed by atoms with Crippen molar-refractivity contribution in [1.82, 2.24) is 9.97 Å². The van der Waals surface area contributed by atoms with Gasteiger partial charge in [-0.3, -0.25) is 4.79 Å². The number of nitrogens with one attached hydrogen (secondary N) is 1. The van der Waals surface area contributed by atoms with E-state index in [1.165, 1.54) is 18.1 Å². The lowest BCUT2D eigenvalue weighted by molar-refractivity contribution is 1.01. The molecule has 1 aromatic heterocycles. The lowest BCUT2D eigenvalue weighted by Gasteiger charge is -1.99. The highest BCUT2D eigenvalue weighted by Gasteiger charge is 2.05. The van der Waals surface area contributed by atoms with Crippen molar-refractivity contribution in [3.05, 3.63) is 21.7 Å². The summed E-state index contributed by atoms with van der Waals surface area (Å²) in [7, 11) is 0. The first-order valence-electron chi connectivity index (χ1n) is 3.67. The van der Waals surface area contributed by atoms with E-state index < -0.39 is 0 Å². The highest BCUT2D eigenvalue weighted by Crippen LogP contribution is 2.21. The predicted molar refractivity (Wildman–Crippen MR) is 55.9 cm³/mol.